The van der Waals surface area contributed by atoms with Crippen molar-refractivity contribution >= 4 is 23.2 Å². The summed E-state index contributed by atoms with van der Waals surface area (Å²) in [6, 6.07) is 12.4. The second-order valence-electron chi connectivity index (χ2n) is 6.03. The molecule has 26 heavy (non-hydrogen) atoms. The van der Waals surface area contributed by atoms with Gasteiger partial charge in [0.1, 0.15) is 18.1 Å². The first-order valence-electron chi connectivity index (χ1n) is 8.16. The molecule has 134 valence electrons. The van der Waals surface area contributed by atoms with Crippen molar-refractivity contribution in [3.63, 3.8) is 0 Å². The predicted molar refractivity (Wildman–Crippen MR) is 101 cm³/mol. The minimum Gasteiger partial charge on any atom is -0.489 e. The van der Waals surface area contributed by atoms with E-state index >= 15 is 0 Å². The summed E-state index contributed by atoms with van der Waals surface area (Å²) in [5, 5.41) is 7.36. The number of rotatable bonds is 5. The van der Waals surface area contributed by atoms with Crippen LogP contribution in [0.4, 0.5) is 5.69 Å². The second-order valence-corrected chi connectivity index (χ2v) is 6.47. The zero-order chi connectivity index (χ0) is 18.7. The molecule has 0 aliphatic rings. The van der Waals surface area contributed by atoms with Crippen LogP contribution in [-0.2, 0) is 6.61 Å². The van der Waals surface area contributed by atoms with Gasteiger partial charge in [-0.1, -0.05) is 28.9 Å². The molecule has 3 rings (SSSR count). The maximum absolute atomic E-state index is 12.5. The zero-order valence-corrected chi connectivity index (χ0v) is 15.6. The normalized spacial score (nSPS) is 10.6. The van der Waals surface area contributed by atoms with Crippen LogP contribution in [0.25, 0.3) is 0 Å². The highest BCUT2D eigenvalue weighted by molar-refractivity contribution is 6.31. The minimum absolute atomic E-state index is 0.224. The van der Waals surface area contributed by atoms with Gasteiger partial charge in [0, 0.05) is 16.3 Å². The van der Waals surface area contributed by atoms with Crippen LogP contribution in [0.2, 0.25) is 5.02 Å². The highest BCUT2D eigenvalue weighted by atomic mass is 35.5. The molecule has 1 N–H and O–H groups in total. The van der Waals surface area contributed by atoms with E-state index in [1.54, 1.807) is 36.4 Å². The molecular weight excluding hydrogens is 352 g/mol. The molecule has 0 saturated carbocycles. The van der Waals surface area contributed by atoms with E-state index in [1.807, 2.05) is 26.8 Å². The Labute approximate surface area is 156 Å². The Bertz CT molecular complexity index is 930. The quantitative estimate of drug-likeness (QED) is 0.679. The number of aryl methyl sites for hydroxylation is 3. The van der Waals surface area contributed by atoms with Gasteiger partial charge in [-0.05, 0) is 56.7 Å². The van der Waals surface area contributed by atoms with E-state index in [0.29, 0.717) is 28.6 Å². The van der Waals surface area contributed by atoms with Gasteiger partial charge in [0.25, 0.3) is 5.91 Å². The topological polar surface area (TPSA) is 64.4 Å². The fourth-order valence-corrected chi connectivity index (χ4v) is 2.69. The number of anilines is 1. The molecule has 0 aliphatic heterocycles. The van der Waals surface area contributed by atoms with E-state index < -0.39 is 0 Å². The van der Waals surface area contributed by atoms with Crippen LogP contribution in [-0.4, -0.2) is 11.1 Å². The van der Waals surface area contributed by atoms with Crippen LogP contribution in [0, 0.1) is 20.8 Å². The number of amides is 1. The van der Waals surface area contributed by atoms with E-state index in [9.17, 15) is 4.79 Å². The summed E-state index contributed by atoms with van der Waals surface area (Å²) < 4.78 is 10.9. The van der Waals surface area contributed by atoms with E-state index in [0.717, 1.165) is 22.6 Å². The average Bonchev–Trinajstić information content (AvgIpc) is 2.94. The van der Waals surface area contributed by atoms with Gasteiger partial charge in [-0.25, -0.2) is 0 Å². The standard InChI is InChI=1S/C20H19ClN2O3/c1-12-7-8-16(21)10-19(12)22-20(24)15-5-4-6-17(9-15)25-11-18-13(2)23-26-14(18)3/h4-10H,11H2,1-3H3,(H,22,24). The number of aromatic nitrogens is 1. The summed E-state index contributed by atoms with van der Waals surface area (Å²) in [6.07, 6.45) is 0. The van der Waals surface area contributed by atoms with Gasteiger partial charge >= 0.3 is 0 Å². The smallest absolute Gasteiger partial charge is 0.255 e. The summed E-state index contributed by atoms with van der Waals surface area (Å²) in [6.45, 7) is 5.96. The Balaban J connectivity index is 1.72. The van der Waals surface area contributed by atoms with Crippen molar-refractivity contribution in [2.24, 2.45) is 0 Å². The Hall–Kier alpha value is -2.79. The average molecular weight is 371 g/mol. The third-order valence-corrected chi connectivity index (χ3v) is 4.34. The zero-order valence-electron chi connectivity index (χ0n) is 14.8. The lowest BCUT2D eigenvalue weighted by atomic mass is 10.1. The highest BCUT2D eigenvalue weighted by Crippen LogP contribution is 2.22. The lowest BCUT2D eigenvalue weighted by Crippen LogP contribution is -2.13. The van der Waals surface area contributed by atoms with E-state index in [-0.39, 0.29) is 5.91 Å². The lowest BCUT2D eigenvalue weighted by molar-refractivity contribution is 0.102. The van der Waals surface area contributed by atoms with Crippen LogP contribution in [0.5, 0.6) is 5.75 Å². The molecule has 1 aromatic heterocycles. The molecule has 0 spiro atoms. The molecule has 5 nitrogen and oxygen atoms in total. The first kappa shape index (κ1) is 18.0. The highest BCUT2D eigenvalue weighted by Gasteiger charge is 2.12. The monoisotopic (exact) mass is 370 g/mol. The molecule has 0 unspecified atom stereocenters. The van der Waals surface area contributed by atoms with Gasteiger partial charge in [-0.3, -0.25) is 4.79 Å². The van der Waals surface area contributed by atoms with Crippen molar-refractivity contribution in [3.05, 3.63) is 75.6 Å². The molecular formula is C20H19ClN2O3. The number of hydrogen-bond acceptors (Lipinski definition) is 4. The number of ether oxygens (including phenoxy) is 1. The second kappa shape index (κ2) is 7.62. The summed E-state index contributed by atoms with van der Waals surface area (Å²) >= 11 is 6.00. The molecule has 2 aromatic carbocycles. The Morgan fingerprint density at radius 2 is 2.00 bits per heavy atom. The first-order valence-corrected chi connectivity index (χ1v) is 8.54. The third-order valence-electron chi connectivity index (χ3n) is 4.11. The maximum Gasteiger partial charge on any atom is 0.255 e. The molecule has 0 saturated heterocycles. The van der Waals surface area contributed by atoms with E-state index in [4.69, 9.17) is 20.9 Å². The number of benzene rings is 2. The van der Waals surface area contributed by atoms with Crippen LogP contribution in [0.15, 0.2) is 47.0 Å². The Morgan fingerprint density at radius 3 is 2.73 bits per heavy atom. The van der Waals surface area contributed by atoms with Crippen molar-refractivity contribution < 1.29 is 14.1 Å². The van der Waals surface area contributed by atoms with Gasteiger partial charge in [-0.2, -0.15) is 0 Å². The summed E-state index contributed by atoms with van der Waals surface area (Å²) in [5.41, 5.74) is 3.83. The number of nitrogens with one attached hydrogen (secondary N) is 1. The Morgan fingerprint density at radius 1 is 1.19 bits per heavy atom. The van der Waals surface area contributed by atoms with Crippen molar-refractivity contribution in [2.75, 3.05) is 5.32 Å². The molecule has 1 amide bonds. The van der Waals surface area contributed by atoms with Crippen LogP contribution < -0.4 is 10.1 Å². The van der Waals surface area contributed by atoms with Gasteiger partial charge in [0.05, 0.1) is 11.3 Å². The largest absolute Gasteiger partial charge is 0.489 e. The van der Waals surface area contributed by atoms with Crippen LogP contribution in [0.1, 0.15) is 32.9 Å². The summed E-state index contributed by atoms with van der Waals surface area (Å²) in [4.78, 5) is 12.5. The number of hydrogen-bond donors (Lipinski definition) is 1. The Kier molecular flexibility index (Phi) is 5.28. The van der Waals surface area contributed by atoms with Gasteiger partial charge in [0.15, 0.2) is 0 Å². The fraction of sp³-hybridized carbons (Fsp3) is 0.200. The van der Waals surface area contributed by atoms with Gasteiger partial charge in [0.2, 0.25) is 0 Å². The maximum atomic E-state index is 12.5. The molecule has 3 aromatic rings. The van der Waals surface area contributed by atoms with Gasteiger partial charge in [-0.15, -0.1) is 0 Å². The van der Waals surface area contributed by atoms with Crippen molar-refractivity contribution in [1.82, 2.24) is 5.16 Å². The number of halogens is 1. The van der Waals surface area contributed by atoms with Gasteiger partial charge < -0.3 is 14.6 Å². The molecule has 0 fully saturated rings. The van der Waals surface area contributed by atoms with Crippen LogP contribution >= 0.6 is 11.6 Å². The molecule has 0 aliphatic carbocycles. The molecule has 0 radical (unpaired) electrons. The van der Waals surface area contributed by atoms with E-state index in [1.165, 1.54) is 0 Å². The summed E-state index contributed by atoms with van der Waals surface area (Å²) in [7, 11) is 0. The first-order chi connectivity index (χ1) is 12.4. The lowest BCUT2D eigenvalue weighted by Gasteiger charge is -2.10. The minimum atomic E-state index is -0.224. The van der Waals surface area contributed by atoms with Crippen molar-refractivity contribution in [3.8, 4) is 5.75 Å². The molecule has 0 atom stereocenters. The predicted octanol–water partition coefficient (Wildman–Crippen LogP) is 5.08. The number of nitrogens with zero attached hydrogens (tertiary/aromatic N) is 1. The number of carbonyl (C=O) groups excluding carboxylic acids is 1. The van der Waals surface area contributed by atoms with Crippen molar-refractivity contribution in [2.45, 2.75) is 27.4 Å². The summed E-state index contributed by atoms with van der Waals surface area (Å²) in [5.74, 6) is 1.10. The van der Waals surface area contributed by atoms with E-state index in [2.05, 4.69) is 10.5 Å². The molecule has 0 bridgehead atoms. The fourth-order valence-electron chi connectivity index (χ4n) is 2.51. The molecule has 6 heteroatoms. The van der Waals surface area contributed by atoms with Crippen molar-refractivity contribution in [1.29, 1.82) is 0 Å². The SMILES string of the molecule is Cc1ccc(Cl)cc1NC(=O)c1cccc(OCc2c(C)noc2C)c1. The number of carbonyl (C=O) groups is 1. The molecule has 1 heterocycles. The third kappa shape index (κ3) is 4.06. The van der Waals surface area contributed by atoms with Crippen LogP contribution in [0.3, 0.4) is 0 Å².